The first-order valence-electron chi connectivity index (χ1n) is 5.01. The summed E-state index contributed by atoms with van der Waals surface area (Å²) in [4.78, 5) is 23.8. The quantitative estimate of drug-likeness (QED) is 0.663. The van der Waals surface area contributed by atoms with Crippen LogP contribution < -0.4 is 10.6 Å². The number of carbonyl (C=O) groups is 2. The lowest BCUT2D eigenvalue weighted by Crippen LogP contribution is -2.47. The molecule has 0 fully saturated rings. The van der Waals surface area contributed by atoms with Gasteiger partial charge in [0, 0.05) is 11.4 Å². The Kier molecular flexibility index (Phi) is 4.99. The van der Waals surface area contributed by atoms with Gasteiger partial charge in [0.25, 0.3) is 0 Å². The fourth-order valence-electron chi connectivity index (χ4n) is 1.32. The number of nitrogens with two attached hydrogens (primary N) is 1. The highest BCUT2D eigenvalue weighted by Crippen LogP contribution is 2.14. The number of rotatable bonds is 5. The van der Waals surface area contributed by atoms with Crippen LogP contribution in [0.25, 0.3) is 0 Å². The van der Waals surface area contributed by atoms with Crippen LogP contribution in [0.4, 0.5) is 5.69 Å². The SMILES string of the molecule is NC(CS)C(=O)N(CC(=O)O)c1ccccc1. The van der Waals surface area contributed by atoms with E-state index in [4.69, 9.17) is 10.8 Å². The van der Waals surface area contributed by atoms with Crippen molar-refractivity contribution in [3.05, 3.63) is 30.3 Å². The summed E-state index contributed by atoms with van der Waals surface area (Å²) >= 11 is 3.93. The molecule has 0 aliphatic heterocycles. The maximum absolute atomic E-state index is 11.9. The van der Waals surface area contributed by atoms with Crippen LogP contribution in [0, 0.1) is 0 Å². The maximum Gasteiger partial charge on any atom is 0.323 e. The minimum absolute atomic E-state index is 0.168. The van der Waals surface area contributed by atoms with Crippen molar-refractivity contribution in [3.63, 3.8) is 0 Å². The van der Waals surface area contributed by atoms with Crippen molar-refractivity contribution in [2.75, 3.05) is 17.2 Å². The largest absolute Gasteiger partial charge is 0.480 e. The van der Waals surface area contributed by atoms with Crippen LogP contribution >= 0.6 is 12.6 Å². The molecular weight excluding hydrogens is 240 g/mol. The molecule has 0 heterocycles. The van der Waals surface area contributed by atoms with Gasteiger partial charge in [0.05, 0.1) is 6.04 Å². The smallest absolute Gasteiger partial charge is 0.323 e. The lowest BCUT2D eigenvalue weighted by atomic mass is 10.2. The monoisotopic (exact) mass is 254 g/mol. The highest BCUT2D eigenvalue weighted by Gasteiger charge is 2.23. The Labute approximate surface area is 105 Å². The third kappa shape index (κ3) is 3.76. The van der Waals surface area contributed by atoms with E-state index in [-0.39, 0.29) is 5.75 Å². The van der Waals surface area contributed by atoms with E-state index in [0.29, 0.717) is 5.69 Å². The van der Waals surface area contributed by atoms with E-state index in [1.165, 1.54) is 0 Å². The molecule has 1 rings (SSSR count). The molecule has 1 atom stereocenters. The number of hydrogen-bond acceptors (Lipinski definition) is 4. The van der Waals surface area contributed by atoms with Crippen LogP contribution in [0.3, 0.4) is 0 Å². The molecule has 1 aromatic carbocycles. The Morgan fingerprint density at radius 2 is 1.94 bits per heavy atom. The van der Waals surface area contributed by atoms with Crippen LogP contribution in [-0.4, -0.2) is 35.3 Å². The molecule has 1 aromatic rings. The second-order valence-electron chi connectivity index (χ2n) is 3.44. The Morgan fingerprint density at radius 3 is 2.41 bits per heavy atom. The van der Waals surface area contributed by atoms with Gasteiger partial charge in [-0.25, -0.2) is 0 Å². The Morgan fingerprint density at radius 1 is 1.35 bits per heavy atom. The summed E-state index contributed by atoms with van der Waals surface area (Å²) in [7, 11) is 0. The second kappa shape index (κ2) is 6.27. The van der Waals surface area contributed by atoms with Crippen LogP contribution in [0.1, 0.15) is 0 Å². The standard InChI is InChI=1S/C11H14N2O3S/c12-9(7-17)11(16)13(6-10(14)15)8-4-2-1-3-5-8/h1-5,9,17H,6-7,12H2,(H,14,15). The lowest BCUT2D eigenvalue weighted by molar-refractivity contribution is -0.136. The van der Waals surface area contributed by atoms with Crippen LogP contribution in [0.2, 0.25) is 0 Å². The molecule has 6 heteroatoms. The van der Waals surface area contributed by atoms with Gasteiger partial charge >= 0.3 is 5.97 Å². The van der Waals surface area contributed by atoms with E-state index >= 15 is 0 Å². The van der Waals surface area contributed by atoms with Gasteiger partial charge in [0.15, 0.2) is 0 Å². The molecule has 0 radical (unpaired) electrons. The van der Waals surface area contributed by atoms with Gasteiger partial charge in [-0.1, -0.05) is 18.2 Å². The van der Waals surface area contributed by atoms with Gasteiger partial charge in [0.1, 0.15) is 6.54 Å². The van der Waals surface area contributed by atoms with Gasteiger partial charge in [-0.15, -0.1) is 0 Å². The van der Waals surface area contributed by atoms with E-state index in [0.717, 1.165) is 4.90 Å². The van der Waals surface area contributed by atoms with Crippen molar-refractivity contribution < 1.29 is 14.7 Å². The van der Waals surface area contributed by atoms with Crippen LogP contribution in [-0.2, 0) is 9.59 Å². The molecule has 92 valence electrons. The summed E-state index contributed by atoms with van der Waals surface area (Å²) in [5.74, 6) is -1.37. The fraction of sp³-hybridized carbons (Fsp3) is 0.273. The van der Waals surface area contributed by atoms with Crippen LogP contribution in [0.5, 0.6) is 0 Å². The molecule has 0 spiro atoms. The highest BCUT2D eigenvalue weighted by atomic mass is 32.1. The summed E-state index contributed by atoms with van der Waals surface area (Å²) in [6.45, 7) is -0.412. The van der Waals surface area contributed by atoms with Crippen LogP contribution in [0.15, 0.2) is 30.3 Å². The molecule has 0 aliphatic rings. The average molecular weight is 254 g/mol. The van der Waals surface area contributed by atoms with Crippen molar-refractivity contribution in [1.29, 1.82) is 0 Å². The zero-order valence-electron chi connectivity index (χ0n) is 9.11. The molecule has 1 amide bonds. The summed E-state index contributed by atoms with van der Waals surface area (Å²) in [5, 5.41) is 8.79. The van der Waals surface area contributed by atoms with Crippen molar-refractivity contribution >= 4 is 30.2 Å². The molecule has 17 heavy (non-hydrogen) atoms. The zero-order valence-corrected chi connectivity index (χ0v) is 10.0. The van der Waals surface area contributed by atoms with Gasteiger partial charge in [-0.05, 0) is 12.1 Å². The van der Waals surface area contributed by atoms with Crippen molar-refractivity contribution in [1.82, 2.24) is 0 Å². The molecule has 0 aliphatic carbocycles. The van der Waals surface area contributed by atoms with E-state index in [9.17, 15) is 9.59 Å². The Bertz CT molecular complexity index is 397. The third-order valence-electron chi connectivity index (χ3n) is 2.14. The molecule has 0 saturated heterocycles. The molecule has 0 bridgehead atoms. The minimum atomic E-state index is -1.09. The number of anilines is 1. The lowest BCUT2D eigenvalue weighted by Gasteiger charge is -2.23. The summed E-state index contributed by atoms with van der Waals surface area (Å²) in [6.07, 6.45) is 0. The maximum atomic E-state index is 11.9. The first-order chi connectivity index (χ1) is 8.06. The Hall–Kier alpha value is -1.53. The zero-order chi connectivity index (χ0) is 12.8. The molecular formula is C11H14N2O3S. The molecule has 0 aromatic heterocycles. The number of amides is 1. The van der Waals surface area contributed by atoms with E-state index < -0.39 is 24.5 Å². The predicted molar refractivity (Wildman–Crippen MR) is 68.3 cm³/mol. The van der Waals surface area contributed by atoms with Crippen molar-refractivity contribution in [3.8, 4) is 0 Å². The third-order valence-corrected chi connectivity index (χ3v) is 2.53. The van der Waals surface area contributed by atoms with Gasteiger partial charge in [-0.2, -0.15) is 12.6 Å². The summed E-state index contributed by atoms with van der Waals surface area (Å²) < 4.78 is 0. The molecule has 5 nitrogen and oxygen atoms in total. The van der Waals surface area contributed by atoms with Crippen molar-refractivity contribution in [2.24, 2.45) is 5.73 Å². The predicted octanol–water partition coefficient (Wildman–Crippen LogP) is 0.361. The van der Waals surface area contributed by atoms with E-state index in [2.05, 4.69) is 12.6 Å². The number of carbonyl (C=O) groups excluding carboxylic acids is 1. The second-order valence-corrected chi connectivity index (χ2v) is 3.81. The molecule has 3 N–H and O–H groups in total. The normalized spacial score (nSPS) is 11.9. The Balaban J connectivity index is 2.96. The average Bonchev–Trinajstić information content (AvgIpc) is 2.35. The number of thiol groups is 1. The van der Waals surface area contributed by atoms with Gasteiger partial charge in [-0.3, -0.25) is 14.5 Å². The number of hydrogen-bond donors (Lipinski definition) is 3. The first-order valence-corrected chi connectivity index (χ1v) is 5.64. The number of para-hydroxylation sites is 1. The summed E-state index contributed by atoms with van der Waals surface area (Å²) in [6, 6.07) is 7.75. The first kappa shape index (κ1) is 13.5. The molecule has 1 unspecified atom stereocenters. The van der Waals surface area contributed by atoms with E-state index in [1.54, 1.807) is 30.3 Å². The fourth-order valence-corrected chi connectivity index (χ4v) is 1.47. The molecule has 0 saturated carbocycles. The number of nitrogens with zero attached hydrogens (tertiary/aromatic N) is 1. The topological polar surface area (TPSA) is 83.6 Å². The number of benzene rings is 1. The number of aliphatic carboxylic acids is 1. The van der Waals surface area contributed by atoms with E-state index in [1.807, 2.05) is 0 Å². The van der Waals surface area contributed by atoms with Crippen molar-refractivity contribution in [2.45, 2.75) is 6.04 Å². The highest BCUT2D eigenvalue weighted by molar-refractivity contribution is 7.80. The minimum Gasteiger partial charge on any atom is -0.480 e. The summed E-state index contributed by atoms with van der Waals surface area (Å²) in [5.41, 5.74) is 6.08. The van der Waals surface area contributed by atoms with Gasteiger partial charge in [0.2, 0.25) is 5.91 Å². The number of carboxylic acid groups (broad SMARTS) is 1. The number of carboxylic acids is 1. The van der Waals surface area contributed by atoms with Gasteiger partial charge < -0.3 is 10.8 Å².